The summed E-state index contributed by atoms with van der Waals surface area (Å²) >= 11 is 6.42. The fourth-order valence-corrected chi connectivity index (χ4v) is 3.12. The minimum atomic E-state index is -4.44. The quantitative estimate of drug-likeness (QED) is 0.481. The van der Waals surface area contributed by atoms with Crippen LogP contribution in [-0.2, 0) is 6.18 Å². The van der Waals surface area contributed by atoms with Gasteiger partial charge in [0.1, 0.15) is 0 Å². The van der Waals surface area contributed by atoms with Crippen LogP contribution in [-0.4, -0.2) is 19.7 Å². The van der Waals surface area contributed by atoms with Crippen LogP contribution in [0.3, 0.4) is 0 Å². The Hall–Kier alpha value is -2.67. The fourth-order valence-electron chi connectivity index (χ4n) is 2.75. The van der Waals surface area contributed by atoms with Crippen LogP contribution in [0.2, 0.25) is 5.02 Å². The third kappa shape index (κ3) is 2.51. The lowest BCUT2D eigenvalue weighted by Gasteiger charge is -2.09. The number of alkyl halides is 3. The van der Waals surface area contributed by atoms with Gasteiger partial charge in [-0.05, 0) is 37.3 Å². The number of hydrogen-bond acceptors (Lipinski definition) is 3. The first kappa shape index (κ1) is 15.8. The van der Waals surface area contributed by atoms with E-state index in [1.54, 1.807) is 25.3 Å². The fraction of sp³-hybridized carbons (Fsp3) is 0.118. The van der Waals surface area contributed by atoms with Crippen molar-refractivity contribution in [3.8, 4) is 5.82 Å². The molecule has 0 spiro atoms. The molecule has 4 aromatic rings. The minimum Gasteiger partial charge on any atom is -0.237 e. The minimum absolute atomic E-state index is 0.200. The SMILES string of the molecule is Cc1nn(-c2ccccn2)c2nc3ccc(C(F)(F)F)cc3c(Cl)c12. The normalized spacial score (nSPS) is 12.2. The van der Waals surface area contributed by atoms with Gasteiger partial charge in [0.2, 0.25) is 0 Å². The summed E-state index contributed by atoms with van der Waals surface area (Å²) in [4.78, 5) is 8.70. The molecule has 0 aliphatic carbocycles. The first-order valence-electron chi connectivity index (χ1n) is 7.33. The van der Waals surface area contributed by atoms with Crippen molar-refractivity contribution >= 4 is 33.5 Å². The molecule has 0 aliphatic heterocycles. The monoisotopic (exact) mass is 362 g/mol. The van der Waals surface area contributed by atoms with Crippen molar-refractivity contribution in [1.29, 1.82) is 0 Å². The van der Waals surface area contributed by atoms with Crippen molar-refractivity contribution in [2.24, 2.45) is 0 Å². The van der Waals surface area contributed by atoms with E-state index in [9.17, 15) is 13.2 Å². The van der Waals surface area contributed by atoms with Crippen molar-refractivity contribution in [2.45, 2.75) is 13.1 Å². The molecular weight excluding hydrogens is 353 g/mol. The molecule has 3 heterocycles. The number of hydrogen-bond donors (Lipinski definition) is 0. The molecular formula is C17H10ClF3N4. The maximum absolute atomic E-state index is 13.0. The number of aromatic nitrogens is 4. The molecule has 0 bridgehead atoms. The Morgan fingerprint density at radius 2 is 1.92 bits per heavy atom. The van der Waals surface area contributed by atoms with E-state index < -0.39 is 11.7 Å². The maximum atomic E-state index is 13.0. The number of halogens is 4. The lowest BCUT2D eigenvalue weighted by Crippen LogP contribution is -2.05. The summed E-state index contributed by atoms with van der Waals surface area (Å²) in [5.74, 6) is 0.551. The average molecular weight is 363 g/mol. The van der Waals surface area contributed by atoms with Gasteiger partial charge in [-0.15, -0.1) is 0 Å². The van der Waals surface area contributed by atoms with Crippen LogP contribution in [0.4, 0.5) is 13.2 Å². The molecule has 0 fully saturated rings. The van der Waals surface area contributed by atoms with Gasteiger partial charge >= 0.3 is 6.18 Å². The molecule has 126 valence electrons. The van der Waals surface area contributed by atoms with Gasteiger partial charge in [-0.2, -0.15) is 23.0 Å². The number of pyridine rings is 2. The summed E-state index contributed by atoms with van der Waals surface area (Å²) < 4.78 is 40.5. The molecule has 0 atom stereocenters. The Kier molecular flexibility index (Phi) is 3.43. The Labute approximate surface area is 144 Å². The van der Waals surface area contributed by atoms with Gasteiger partial charge in [-0.3, -0.25) is 0 Å². The van der Waals surface area contributed by atoms with Crippen molar-refractivity contribution in [3.63, 3.8) is 0 Å². The summed E-state index contributed by atoms with van der Waals surface area (Å²) in [6.07, 6.45) is -2.82. The second kappa shape index (κ2) is 5.42. The van der Waals surface area contributed by atoms with Crippen LogP contribution in [0.15, 0.2) is 42.6 Å². The van der Waals surface area contributed by atoms with E-state index in [4.69, 9.17) is 11.6 Å². The van der Waals surface area contributed by atoms with E-state index in [0.29, 0.717) is 28.1 Å². The highest BCUT2D eigenvalue weighted by atomic mass is 35.5. The summed E-state index contributed by atoms with van der Waals surface area (Å²) in [6.45, 7) is 1.73. The van der Waals surface area contributed by atoms with Gasteiger partial charge in [0.15, 0.2) is 11.5 Å². The lowest BCUT2D eigenvalue weighted by atomic mass is 10.1. The molecule has 0 radical (unpaired) electrons. The molecule has 0 saturated carbocycles. The topological polar surface area (TPSA) is 43.6 Å². The van der Waals surface area contributed by atoms with E-state index in [2.05, 4.69) is 15.1 Å². The molecule has 4 nitrogen and oxygen atoms in total. The highest BCUT2D eigenvalue weighted by molar-refractivity contribution is 6.40. The van der Waals surface area contributed by atoms with E-state index in [1.807, 2.05) is 6.07 Å². The van der Waals surface area contributed by atoms with Gasteiger partial charge in [0.25, 0.3) is 0 Å². The largest absolute Gasteiger partial charge is 0.416 e. The maximum Gasteiger partial charge on any atom is 0.416 e. The van der Waals surface area contributed by atoms with Gasteiger partial charge in [0, 0.05) is 11.6 Å². The lowest BCUT2D eigenvalue weighted by molar-refractivity contribution is -0.137. The number of aryl methyl sites for hydroxylation is 1. The average Bonchev–Trinajstić information content (AvgIpc) is 2.91. The molecule has 1 aromatic carbocycles. The molecule has 4 rings (SSSR count). The number of benzene rings is 1. The Bertz CT molecular complexity index is 1100. The number of nitrogens with zero attached hydrogens (tertiary/aromatic N) is 4. The molecule has 3 aromatic heterocycles. The summed E-state index contributed by atoms with van der Waals surface area (Å²) in [6, 6.07) is 8.67. The zero-order valence-corrected chi connectivity index (χ0v) is 13.6. The Morgan fingerprint density at radius 1 is 1.12 bits per heavy atom. The predicted octanol–water partition coefficient (Wildman–Crippen LogP) is 4.95. The van der Waals surface area contributed by atoms with Crippen LogP contribution in [0, 0.1) is 6.92 Å². The molecule has 0 N–H and O–H groups in total. The van der Waals surface area contributed by atoms with Crippen molar-refractivity contribution in [2.75, 3.05) is 0 Å². The molecule has 0 saturated heterocycles. The van der Waals surface area contributed by atoms with E-state index in [0.717, 1.165) is 12.1 Å². The smallest absolute Gasteiger partial charge is 0.237 e. The van der Waals surface area contributed by atoms with Crippen LogP contribution in [0.5, 0.6) is 0 Å². The third-order valence-corrected chi connectivity index (χ3v) is 4.30. The van der Waals surface area contributed by atoms with Gasteiger partial charge < -0.3 is 0 Å². The standard InChI is InChI=1S/C17H10ClF3N4/c1-9-14-15(18)11-8-10(17(19,20)21)5-6-12(11)23-16(14)25(24-9)13-4-2-3-7-22-13/h2-8H,1H3. The van der Waals surface area contributed by atoms with E-state index in [-0.39, 0.29) is 10.4 Å². The molecule has 0 unspecified atom stereocenters. The number of fused-ring (bicyclic) bond motifs is 2. The van der Waals surface area contributed by atoms with Gasteiger partial charge in [-0.25, -0.2) is 9.97 Å². The van der Waals surface area contributed by atoms with Crippen LogP contribution in [0.25, 0.3) is 27.8 Å². The second-order valence-corrected chi connectivity index (χ2v) is 5.92. The molecule has 0 aliphatic rings. The van der Waals surface area contributed by atoms with Crippen LogP contribution < -0.4 is 0 Å². The van der Waals surface area contributed by atoms with Crippen molar-refractivity contribution < 1.29 is 13.2 Å². The molecule has 8 heteroatoms. The highest BCUT2D eigenvalue weighted by Crippen LogP contribution is 2.37. The van der Waals surface area contributed by atoms with E-state index >= 15 is 0 Å². The zero-order valence-electron chi connectivity index (χ0n) is 12.8. The van der Waals surface area contributed by atoms with E-state index in [1.165, 1.54) is 10.7 Å². The first-order chi connectivity index (χ1) is 11.9. The first-order valence-corrected chi connectivity index (χ1v) is 7.71. The second-order valence-electron chi connectivity index (χ2n) is 5.54. The highest BCUT2D eigenvalue weighted by Gasteiger charge is 2.31. The Balaban J connectivity index is 2.06. The van der Waals surface area contributed by atoms with Crippen molar-refractivity contribution in [3.05, 3.63) is 58.9 Å². The summed E-state index contributed by atoms with van der Waals surface area (Å²) in [5, 5.41) is 5.36. The Morgan fingerprint density at radius 3 is 2.60 bits per heavy atom. The van der Waals surface area contributed by atoms with Crippen LogP contribution >= 0.6 is 11.6 Å². The zero-order chi connectivity index (χ0) is 17.8. The summed E-state index contributed by atoms with van der Waals surface area (Å²) in [7, 11) is 0. The molecule has 0 amide bonds. The predicted molar refractivity (Wildman–Crippen MR) is 88.9 cm³/mol. The van der Waals surface area contributed by atoms with Gasteiger partial charge in [0.05, 0.1) is 27.2 Å². The number of rotatable bonds is 1. The third-order valence-electron chi connectivity index (χ3n) is 3.91. The summed E-state index contributed by atoms with van der Waals surface area (Å²) in [5.41, 5.74) is 0.617. The molecule has 25 heavy (non-hydrogen) atoms. The van der Waals surface area contributed by atoms with Crippen molar-refractivity contribution in [1.82, 2.24) is 19.7 Å². The van der Waals surface area contributed by atoms with Gasteiger partial charge in [-0.1, -0.05) is 17.7 Å². The van der Waals surface area contributed by atoms with Crippen LogP contribution in [0.1, 0.15) is 11.3 Å².